The minimum absolute atomic E-state index is 0.0216. The number of carbonyl (C=O) groups is 2. The molecule has 7 heteroatoms. The number of ketones is 1. The quantitative estimate of drug-likeness (QED) is 0.598. The fourth-order valence-corrected chi connectivity index (χ4v) is 4.34. The molecular weight excluding hydrogens is 384 g/mol. The average Bonchev–Trinajstić information content (AvgIpc) is 2.73. The van der Waals surface area contributed by atoms with E-state index in [-0.39, 0.29) is 29.7 Å². The highest BCUT2D eigenvalue weighted by Gasteiger charge is 2.38. The maximum absolute atomic E-state index is 13.1. The first kappa shape index (κ1) is 19.8. The van der Waals surface area contributed by atoms with Gasteiger partial charge in [-0.05, 0) is 42.5 Å². The summed E-state index contributed by atoms with van der Waals surface area (Å²) in [6.45, 7) is 2.51. The van der Waals surface area contributed by atoms with Crippen molar-refractivity contribution < 1.29 is 19.2 Å². The molecule has 2 aromatic rings. The van der Waals surface area contributed by atoms with Crippen LogP contribution in [0.4, 0.5) is 5.69 Å². The second kappa shape index (κ2) is 8.10. The molecule has 1 heterocycles. The van der Waals surface area contributed by atoms with E-state index in [9.17, 15) is 19.7 Å². The number of nitrogens with zero attached hydrogens (tertiary/aromatic N) is 1. The van der Waals surface area contributed by atoms with E-state index < -0.39 is 10.8 Å². The molecule has 2 unspecified atom stereocenters. The number of nitro benzene ring substituents is 1. The summed E-state index contributed by atoms with van der Waals surface area (Å²) in [4.78, 5) is 36.2. The number of Topliss-reactive ketones (excluding diaryl/α,β-unsaturated/α-hetero) is 1. The van der Waals surface area contributed by atoms with E-state index in [2.05, 4.69) is 5.32 Å². The number of hydrogen-bond acceptors (Lipinski definition) is 5. The van der Waals surface area contributed by atoms with Crippen molar-refractivity contribution in [2.24, 2.45) is 0 Å². The molecule has 0 radical (unpaired) electrons. The van der Waals surface area contributed by atoms with E-state index in [1.807, 2.05) is 31.2 Å². The van der Waals surface area contributed by atoms with Crippen LogP contribution in [0.1, 0.15) is 49.1 Å². The number of non-ortho nitro benzene ring substituents is 1. The monoisotopic (exact) mass is 406 g/mol. The first-order chi connectivity index (χ1) is 14.5. The van der Waals surface area contributed by atoms with E-state index in [4.69, 9.17) is 4.74 Å². The molecule has 7 nitrogen and oxygen atoms in total. The first-order valence-corrected chi connectivity index (χ1v) is 9.99. The molecule has 1 amide bonds. The minimum Gasteiger partial charge on any atom is -0.494 e. The number of benzene rings is 2. The van der Waals surface area contributed by atoms with Crippen molar-refractivity contribution in [2.45, 2.75) is 38.0 Å². The third-order valence-electron chi connectivity index (χ3n) is 5.68. The molecule has 4 rings (SSSR count). The molecule has 30 heavy (non-hydrogen) atoms. The summed E-state index contributed by atoms with van der Waals surface area (Å²) in [6.07, 6.45) is 1.000. The standard InChI is InChI=1S/C23H22N2O5/c1-2-30-18-8-6-14(7-9-18)16-11-20-23(21(26)12-16)19(13-22(27)24-20)15-4-3-5-17(10-15)25(28)29/h3-10,16,19H,2,11-13H2,1H3,(H,24,27). The summed E-state index contributed by atoms with van der Waals surface area (Å²) in [5.74, 6) is 0.0931. The van der Waals surface area contributed by atoms with E-state index >= 15 is 0 Å². The zero-order valence-electron chi connectivity index (χ0n) is 16.6. The molecule has 0 fully saturated rings. The summed E-state index contributed by atoms with van der Waals surface area (Å²) in [7, 11) is 0. The molecule has 0 spiro atoms. The van der Waals surface area contributed by atoms with Crippen molar-refractivity contribution in [1.82, 2.24) is 5.32 Å². The van der Waals surface area contributed by atoms with Crippen LogP contribution >= 0.6 is 0 Å². The number of amides is 1. The Kier molecular flexibility index (Phi) is 5.35. The Morgan fingerprint density at radius 3 is 2.53 bits per heavy atom. The molecule has 0 saturated carbocycles. The highest BCUT2D eigenvalue weighted by molar-refractivity contribution is 6.02. The van der Waals surface area contributed by atoms with Crippen LogP contribution in [-0.4, -0.2) is 23.2 Å². The van der Waals surface area contributed by atoms with Gasteiger partial charge in [0.2, 0.25) is 5.91 Å². The lowest BCUT2D eigenvalue weighted by Gasteiger charge is -2.34. The third kappa shape index (κ3) is 3.83. The van der Waals surface area contributed by atoms with Crippen LogP contribution in [0, 0.1) is 10.1 Å². The summed E-state index contributed by atoms with van der Waals surface area (Å²) in [6, 6.07) is 13.9. The second-order valence-electron chi connectivity index (χ2n) is 7.58. The summed E-state index contributed by atoms with van der Waals surface area (Å²) >= 11 is 0. The van der Waals surface area contributed by atoms with Crippen LogP contribution in [0.3, 0.4) is 0 Å². The molecule has 1 aliphatic heterocycles. The lowest BCUT2D eigenvalue weighted by Crippen LogP contribution is -2.38. The number of ether oxygens (including phenoxy) is 1. The molecule has 0 bridgehead atoms. The van der Waals surface area contributed by atoms with Gasteiger partial charge in [-0.2, -0.15) is 0 Å². The van der Waals surface area contributed by atoms with Gasteiger partial charge >= 0.3 is 0 Å². The van der Waals surface area contributed by atoms with Crippen LogP contribution < -0.4 is 10.1 Å². The van der Waals surface area contributed by atoms with Gasteiger partial charge in [-0.25, -0.2) is 0 Å². The molecule has 2 atom stereocenters. The normalized spacial score (nSPS) is 21.1. The summed E-state index contributed by atoms with van der Waals surface area (Å²) in [5, 5.41) is 14.0. The molecule has 0 aromatic heterocycles. The molecule has 2 aliphatic rings. The van der Waals surface area contributed by atoms with Crippen LogP contribution in [0.2, 0.25) is 0 Å². The van der Waals surface area contributed by atoms with E-state index in [0.717, 1.165) is 11.3 Å². The van der Waals surface area contributed by atoms with Gasteiger partial charge in [0.25, 0.3) is 5.69 Å². The topological polar surface area (TPSA) is 98.5 Å². The number of nitrogens with one attached hydrogen (secondary N) is 1. The lowest BCUT2D eigenvalue weighted by atomic mass is 9.73. The van der Waals surface area contributed by atoms with Crippen LogP contribution in [-0.2, 0) is 9.59 Å². The number of allylic oxidation sites excluding steroid dienone is 2. The van der Waals surface area contributed by atoms with Gasteiger partial charge in [0.1, 0.15) is 5.75 Å². The van der Waals surface area contributed by atoms with Gasteiger partial charge in [-0.3, -0.25) is 19.7 Å². The first-order valence-electron chi connectivity index (χ1n) is 9.99. The zero-order valence-corrected chi connectivity index (χ0v) is 16.6. The molecule has 1 N–H and O–H groups in total. The van der Waals surface area contributed by atoms with Crippen molar-refractivity contribution in [1.29, 1.82) is 0 Å². The highest BCUT2D eigenvalue weighted by atomic mass is 16.6. The number of rotatable bonds is 5. The van der Waals surface area contributed by atoms with Crippen molar-refractivity contribution in [3.8, 4) is 5.75 Å². The molecule has 154 valence electrons. The number of carbonyl (C=O) groups excluding carboxylic acids is 2. The van der Waals surface area contributed by atoms with Crippen LogP contribution in [0.5, 0.6) is 5.75 Å². The minimum atomic E-state index is -0.466. The van der Waals surface area contributed by atoms with Gasteiger partial charge in [0, 0.05) is 42.2 Å². The Morgan fingerprint density at radius 2 is 1.83 bits per heavy atom. The maximum Gasteiger partial charge on any atom is 0.269 e. The third-order valence-corrected chi connectivity index (χ3v) is 5.68. The largest absolute Gasteiger partial charge is 0.494 e. The Labute approximate surface area is 173 Å². The Balaban J connectivity index is 1.66. The Hall–Kier alpha value is -3.48. The Bertz CT molecular complexity index is 1040. The summed E-state index contributed by atoms with van der Waals surface area (Å²) < 4.78 is 5.48. The molecule has 2 aromatic carbocycles. The fraction of sp³-hybridized carbons (Fsp3) is 0.304. The lowest BCUT2D eigenvalue weighted by molar-refractivity contribution is -0.384. The van der Waals surface area contributed by atoms with Gasteiger partial charge in [-0.1, -0.05) is 24.3 Å². The van der Waals surface area contributed by atoms with Crippen LogP contribution in [0.25, 0.3) is 0 Å². The average molecular weight is 406 g/mol. The van der Waals surface area contributed by atoms with Gasteiger partial charge in [-0.15, -0.1) is 0 Å². The summed E-state index contributed by atoms with van der Waals surface area (Å²) in [5.41, 5.74) is 2.82. The van der Waals surface area contributed by atoms with Gasteiger partial charge in [0.15, 0.2) is 5.78 Å². The van der Waals surface area contributed by atoms with Crippen molar-refractivity contribution in [3.05, 3.63) is 81.0 Å². The van der Waals surface area contributed by atoms with Gasteiger partial charge in [0.05, 0.1) is 11.5 Å². The van der Waals surface area contributed by atoms with Gasteiger partial charge < -0.3 is 10.1 Å². The van der Waals surface area contributed by atoms with E-state index in [1.54, 1.807) is 12.1 Å². The SMILES string of the molecule is CCOc1ccc(C2CC(=O)C3=C(C2)NC(=O)CC3c2cccc([N+](=O)[O-])c2)cc1. The maximum atomic E-state index is 13.1. The smallest absolute Gasteiger partial charge is 0.269 e. The van der Waals surface area contributed by atoms with Crippen molar-refractivity contribution in [3.63, 3.8) is 0 Å². The van der Waals surface area contributed by atoms with E-state index in [1.165, 1.54) is 12.1 Å². The highest BCUT2D eigenvalue weighted by Crippen LogP contribution is 2.43. The van der Waals surface area contributed by atoms with Crippen LogP contribution in [0.15, 0.2) is 59.8 Å². The Morgan fingerprint density at radius 1 is 1.07 bits per heavy atom. The number of hydrogen-bond donors (Lipinski definition) is 1. The van der Waals surface area contributed by atoms with Crippen molar-refractivity contribution in [2.75, 3.05) is 6.61 Å². The predicted octanol–water partition coefficient (Wildman–Crippen LogP) is 4.00. The predicted molar refractivity (Wildman–Crippen MR) is 110 cm³/mol. The van der Waals surface area contributed by atoms with E-state index in [0.29, 0.717) is 36.3 Å². The fourth-order valence-electron chi connectivity index (χ4n) is 4.34. The van der Waals surface area contributed by atoms with Crippen molar-refractivity contribution >= 4 is 17.4 Å². The number of nitro groups is 1. The molecule has 0 saturated heterocycles. The zero-order chi connectivity index (χ0) is 21.3. The molecular formula is C23H22N2O5. The molecule has 1 aliphatic carbocycles. The second-order valence-corrected chi connectivity index (χ2v) is 7.58.